The van der Waals surface area contributed by atoms with Gasteiger partial charge in [0, 0.05) is 37.2 Å². The van der Waals surface area contributed by atoms with Crippen LogP contribution in [0.25, 0.3) is 12.2 Å². The van der Waals surface area contributed by atoms with Crippen LogP contribution in [0.3, 0.4) is 0 Å². The molecule has 5 aliphatic rings. The number of hydrogen-bond acceptors (Lipinski definition) is 12. The molecule has 7 heterocycles. The van der Waals surface area contributed by atoms with Gasteiger partial charge in [0.2, 0.25) is 5.89 Å². The van der Waals surface area contributed by atoms with Gasteiger partial charge in [-0.25, -0.2) is 14.8 Å². The van der Waals surface area contributed by atoms with E-state index in [1.54, 1.807) is 12.5 Å². The smallest absolute Gasteiger partial charge is 0.330 e. The maximum Gasteiger partial charge on any atom is 0.330 e. The van der Waals surface area contributed by atoms with Gasteiger partial charge in [-0.05, 0) is 95.3 Å². The molecule has 0 aromatic carbocycles. The van der Waals surface area contributed by atoms with Crippen molar-refractivity contribution in [2.45, 2.75) is 186 Å². The Labute approximate surface area is 391 Å². The summed E-state index contributed by atoms with van der Waals surface area (Å²) < 4.78 is 44.7. The molecule has 0 spiro atoms. The van der Waals surface area contributed by atoms with E-state index >= 15 is 0 Å². The lowest BCUT2D eigenvalue weighted by Crippen LogP contribution is -2.50. The van der Waals surface area contributed by atoms with Gasteiger partial charge in [0.1, 0.15) is 36.1 Å². The van der Waals surface area contributed by atoms with Crippen molar-refractivity contribution in [3.05, 3.63) is 95.4 Å². The summed E-state index contributed by atoms with van der Waals surface area (Å²) >= 11 is 0. The summed E-state index contributed by atoms with van der Waals surface area (Å²) in [7, 11) is 0. The molecule has 2 N–H and O–H groups in total. The minimum atomic E-state index is -0.765. The van der Waals surface area contributed by atoms with Crippen molar-refractivity contribution in [1.29, 1.82) is 0 Å². The van der Waals surface area contributed by atoms with E-state index in [4.69, 9.17) is 48.9 Å². The third-order valence-corrected chi connectivity index (χ3v) is 13.9. The highest BCUT2D eigenvalue weighted by Crippen LogP contribution is 2.40. The van der Waals surface area contributed by atoms with Gasteiger partial charge in [0.05, 0.1) is 60.9 Å². The first kappa shape index (κ1) is 49.6. The van der Waals surface area contributed by atoms with Crippen LogP contribution < -0.4 is 0 Å². The van der Waals surface area contributed by atoms with Gasteiger partial charge in [0.25, 0.3) is 0 Å². The lowest BCUT2D eigenvalue weighted by molar-refractivity contribution is -0.179. The second-order valence-electron chi connectivity index (χ2n) is 20.3. The van der Waals surface area contributed by atoms with Crippen molar-refractivity contribution in [3.8, 4) is 12.3 Å². The minimum absolute atomic E-state index is 0.110. The first-order valence-electron chi connectivity index (χ1n) is 24.1. The molecule has 15 atom stereocenters. The van der Waals surface area contributed by atoms with Gasteiger partial charge < -0.3 is 42.7 Å². The summed E-state index contributed by atoms with van der Waals surface area (Å²) in [6.45, 7) is 18.7. The molecular weight excluding hydrogens is 837 g/mol. The SMILES string of the molecule is C#CC[C@@H](C)/C=C/C(C)=C/[C@@H](O)[C@H]1C[C@@H](C)C[C@@](C)(Cc2nc(/C=C(\C)[C@@H]3O[C@@H]4C/C=C/c5nc(co5)[C@H]5C[C@H](O)C[C@@H](C[C@H]6CC(=C)C[C@H](C/C=C\C(=O)O[C@@H]([C@H]4C)[C@H]3C)O6)O5)co2)O1. The molecule has 0 amide bonds. The van der Waals surface area contributed by atoms with Gasteiger partial charge in [0.15, 0.2) is 5.89 Å². The van der Waals surface area contributed by atoms with Crippen molar-refractivity contribution < 1.29 is 47.5 Å². The maximum absolute atomic E-state index is 13.5. The second kappa shape index (κ2) is 22.2. The van der Waals surface area contributed by atoms with Crippen molar-refractivity contribution in [2.24, 2.45) is 23.7 Å². The molecule has 358 valence electrons. The van der Waals surface area contributed by atoms with E-state index in [1.807, 2.05) is 50.3 Å². The Morgan fingerprint density at radius 1 is 0.985 bits per heavy atom. The number of ether oxygens (including phenoxy) is 5. The van der Waals surface area contributed by atoms with Crippen molar-refractivity contribution >= 4 is 18.1 Å². The van der Waals surface area contributed by atoms with Crippen LogP contribution in [0.4, 0.5) is 0 Å². The molecule has 7 rings (SSSR count). The third kappa shape index (κ3) is 13.2. The van der Waals surface area contributed by atoms with Crippen LogP contribution in [-0.4, -0.2) is 86.7 Å². The molecule has 0 unspecified atom stereocenters. The predicted molar refractivity (Wildman–Crippen MR) is 252 cm³/mol. The van der Waals surface area contributed by atoms with Crippen molar-refractivity contribution in [3.63, 3.8) is 0 Å². The lowest BCUT2D eigenvalue weighted by atomic mass is 9.79. The number of nitrogens with zero attached hydrogens (tertiary/aromatic N) is 2. The normalized spacial score (nSPS) is 37.0. The van der Waals surface area contributed by atoms with E-state index in [0.29, 0.717) is 80.5 Å². The van der Waals surface area contributed by atoms with Crippen LogP contribution in [0.15, 0.2) is 81.1 Å². The molecule has 4 saturated heterocycles. The van der Waals surface area contributed by atoms with Gasteiger partial charge >= 0.3 is 5.97 Å². The number of fused-ring (bicyclic) bond motifs is 9. The van der Waals surface area contributed by atoms with Crippen LogP contribution in [-0.2, 0) is 34.9 Å². The van der Waals surface area contributed by atoms with Crippen molar-refractivity contribution in [2.75, 3.05) is 0 Å². The highest BCUT2D eigenvalue weighted by Gasteiger charge is 2.44. The zero-order valence-corrected chi connectivity index (χ0v) is 40.0. The zero-order chi connectivity index (χ0) is 47.1. The fraction of sp³-hybridized carbons (Fsp3) is 0.611. The number of allylic oxidation sites excluding steroid dienone is 3. The molecule has 4 fully saturated rings. The van der Waals surface area contributed by atoms with E-state index in [0.717, 1.165) is 36.0 Å². The summed E-state index contributed by atoms with van der Waals surface area (Å²) in [4.78, 5) is 23.2. The Balaban J connectivity index is 1.06. The highest BCUT2D eigenvalue weighted by atomic mass is 16.6. The van der Waals surface area contributed by atoms with Crippen molar-refractivity contribution in [1.82, 2.24) is 9.97 Å². The number of terminal acetylenes is 1. The van der Waals surface area contributed by atoms with Crippen LogP contribution >= 0.6 is 0 Å². The highest BCUT2D eigenvalue weighted by molar-refractivity contribution is 5.82. The fourth-order valence-corrected chi connectivity index (χ4v) is 10.7. The average Bonchev–Trinajstić information content (AvgIpc) is 3.90. The van der Waals surface area contributed by atoms with Crippen LogP contribution in [0, 0.1) is 36.0 Å². The predicted octanol–water partition coefficient (Wildman–Crippen LogP) is 9.79. The molecule has 0 radical (unpaired) electrons. The Kier molecular flexibility index (Phi) is 16.6. The standard InChI is InChI=1S/C54H72N2O10/c1-10-13-32(2)18-19-33(3)22-45(58)48-23-35(5)28-54(9,66-48)29-50-55-39(30-60-50)24-36(6)52-38(8)53-37(7)46(64-52)15-12-16-49-56-44(31-61-49)47-26-40(57)25-43(63-47)27-42-21-34(4)20-41(62-42)14-11-17-51(59)65-53/h1,11-12,16-19,22,24,30-32,35,37-38,40-43,45-48,52-53,57-58H,4,13-15,20-21,23,25-29H2,2-3,5-9H3/b16-12+,17-11-,19-18+,33-22+,36-24+/t32-,35-,37+,38+,40-,41+,42-,43+,45-,46-,47-,48-,52+,53+,54+/m1/s1. The maximum atomic E-state index is 13.5. The molecule has 5 aliphatic heterocycles. The van der Waals surface area contributed by atoms with Crippen LogP contribution in [0.2, 0.25) is 0 Å². The molecule has 0 saturated carbocycles. The molecule has 12 nitrogen and oxygen atoms in total. The van der Waals surface area contributed by atoms with Gasteiger partial charge in [-0.3, -0.25) is 0 Å². The number of hydrogen-bond donors (Lipinski definition) is 2. The third-order valence-electron chi connectivity index (χ3n) is 13.9. The van der Waals surface area contributed by atoms with E-state index in [1.165, 1.54) is 6.08 Å². The first-order valence-corrected chi connectivity index (χ1v) is 24.1. The number of aromatic nitrogens is 2. The molecule has 8 bridgehead atoms. The fourth-order valence-electron chi connectivity index (χ4n) is 10.7. The molecule has 2 aromatic heterocycles. The summed E-state index contributed by atoms with van der Waals surface area (Å²) in [6.07, 6.45) is 26.9. The Morgan fingerprint density at radius 2 is 1.77 bits per heavy atom. The number of oxazole rings is 2. The summed E-state index contributed by atoms with van der Waals surface area (Å²) in [5, 5.41) is 22.1. The molecule has 66 heavy (non-hydrogen) atoms. The number of aliphatic hydroxyl groups is 2. The molecule has 12 heteroatoms. The molecule has 0 aliphatic carbocycles. The number of carbonyl (C=O) groups excluding carboxylic acids is 1. The lowest BCUT2D eigenvalue weighted by Gasteiger charge is -2.44. The van der Waals surface area contributed by atoms with Gasteiger partial charge in [-0.2, -0.15) is 0 Å². The topological polar surface area (TPSA) is 156 Å². The van der Waals surface area contributed by atoms with E-state index < -0.39 is 42.1 Å². The number of aliphatic hydroxyl groups excluding tert-OH is 2. The average molecular weight is 909 g/mol. The van der Waals surface area contributed by atoms with Gasteiger partial charge in [-0.1, -0.05) is 75.8 Å². The Bertz CT molecular complexity index is 2170. The van der Waals surface area contributed by atoms with Crippen LogP contribution in [0.5, 0.6) is 0 Å². The molecule has 2 aromatic rings. The second-order valence-corrected chi connectivity index (χ2v) is 20.3. The monoisotopic (exact) mass is 909 g/mol. The van der Waals surface area contributed by atoms with Crippen LogP contribution in [0.1, 0.15) is 142 Å². The van der Waals surface area contributed by atoms with Gasteiger partial charge in [-0.15, -0.1) is 12.3 Å². The quantitative estimate of drug-likeness (QED) is 0.107. The Hall–Kier alpha value is -4.35. The Morgan fingerprint density at radius 3 is 2.58 bits per heavy atom. The first-order chi connectivity index (χ1) is 31.5. The van der Waals surface area contributed by atoms with E-state index in [-0.39, 0.29) is 48.3 Å². The summed E-state index contributed by atoms with van der Waals surface area (Å²) in [6, 6.07) is 0. The largest absolute Gasteiger partial charge is 0.458 e. The van der Waals surface area contributed by atoms with E-state index in [2.05, 4.69) is 53.2 Å². The minimum Gasteiger partial charge on any atom is -0.458 e. The summed E-state index contributed by atoms with van der Waals surface area (Å²) in [5.74, 6) is 3.52. The van der Waals surface area contributed by atoms with E-state index in [9.17, 15) is 15.0 Å². The molecular formula is C54H72N2O10. The number of esters is 1. The number of rotatable bonds is 9. The number of carbonyl (C=O) groups is 1. The summed E-state index contributed by atoms with van der Waals surface area (Å²) in [5.41, 5.74) is 3.68. The zero-order valence-electron chi connectivity index (χ0n) is 40.0.